The lowest BCUT2D eigenvalue weighted by Crippen LogP contribution is -3.00. The van der Waals surface area contributed by atoms with Gasteiger partial charge in [0.1, 0.15) is 0 Å². The van der Waals surface area contributed by atoms with Gasteiger partial charge in [-0.3, -0.25) is 0 Å². The Bertz CT molecular complexity index is 267. The van der Waals surface area contributed by atoms with Crippen LogP contribution >= 0.6 is 9.24 Å². The van der Waals surface area contributed by atoms with E-state index in [2.05, 4.69) is 16.2 Å². The van der Waals surface area contributed by atoms with E-state index in [-0.39, 0.29) is 17.0 Å². The normalized spacial score (nSPS) is 11.2. The van der Waals surface area contributed by atoms with Crippen molar-refractivity contribution in [2.24, 2.45) is 0 Å². The highest BCUT2D eigenvalue weighted by molar-refractivity contribution is 7.16. The molecule has 0 aliphatic rings. The first-order valence-corrected chi connectivity index (χ1v) is 16.2. The third-order valence-electron chi connectivity index (χ3n) is 7.10. The van der Waals surface area contributed by atoms with Crippen molar-refractivity contribution >= 4 is 9.24 Å². The third-order valence-corrected chi connectivity index (χ3v) is 7.60. The molecule has 0 saturated carbocycles. The van der Waals surface area contributed by atoms with Gasteiger partial charge in [0.15, 0.2) is 0 Å². The van der Waals surface area contributed by atoms with E-state index >= 15 is 0 Å². The zero-order valence-electron chi connectivity index (χ0n) is 22.6. The van der Waals surface area contributed by atoms with Gasteiger partial charge < -0.3 is 17.0 Å². The zero-order valence-corrected chi connectivity index (χ0v) is 25.6. The maximum absolute atomic E-state index is 2.31. The predicted molar refractivity (Wildman–Crippen MR) is 151 cm³/mol. The molecule has 32 heavy (non-hydrogen) atoms. The van der Waals surface area contributed by atoms with Crippen molar-refractivity contribution in [1.29, 1.82) is 0 Å². The van der Waals surface area contributed by atoms with Crippen LogP contribution in [-0.4, -0.2) is 6.16 Å². The van der Waals surface area contributed by atoms with E-state index in [9.17, 15) is 0 Å². The number of rotatable bonds is 28. The summed E-state index contributed by atoms with van der Waals surface area (Å²) in [4.78, 5) is 0. The van der Waals surface area contributed by atoms with Crippen LogP contribution in [0, 0.1) is 0 Å². The van der Waals surface area contributed by atoms with Gasteiger partial charge in [-0.1, -0.05) is 174 Å². The highest BCUT2D eigenvalue weighted by atomic mass is 79.9. The van der Waals surface area contributed by atoms with Crippen molar-refractivity contribution in [2.75, 3.05) is 6.16 Å². The van der Waals surface area contributed by atoms with Crippen molar-refractivity contribution < 1.29 is 17.0 Å². The summed E-state index contributed by atoms with van der Waals surface area (Å²) in [5.41, 5.74) is 0. The van der Waals surface area contributed by atoms with Gasteiger partial charge in [-0.25, -0.2) is 0 Å². The lowest BCUT2D eigenvalue weighted by atomic mass is 10.0. The molecule has 0 aliphatic heterocycles. The number of unbranched alkanes of at least 4 members (excludes halogenated alkanes) is 27. The minimum Gasteiger partial charge on any atom is -1.00 e. The minimum absolute atomic E-state index is 0. The molecule has 0 fully saturated rings. The summed E-state index contributed by atoms with van der Waals surface area (Å²) in [7, 11) is 2.13. The van der Waals surface area contributed by atoms with Gasteiger partial charge >= 0.3 is 0 Å². The van der Waals surface area contributed by atoms with Gasteiger partial charge in [0, 0.05) is 0 Å². The fraction of sp³-hybridized carbons (Fsp3) is 1.00. The van der Waals surface area contributed by atoms with Gasteiger partial charge in [-0.05, 0) is 22.1 Å². The van der Waals surface area contributed by atoms with Crippen LogP contribution in [0.5, 0.6) is 0 Å². The Hall–Kier alpha value is 0.910. The molecule has 0 aromatic carbocycles. The summed E-state index contributed by atoms with van der Waals surface area (Å²) < 4.78 is 0. The van der Waals surface area contributed by atoms with E-state index in [1.54, 1.807) is 0 Å². The average molecular weight is 536 g/mol. The molecule has 0 nitrogen and oxygen atoms in total. The van der Waals surface area contributed by atoms with E-state index in [1.165, 1.54) is 186 Å². The van der Waals surface area contributed by atoms with Crippen molar-refractivity contribution in [3.8, 4) is 0 Å². The summed E-state index contributed by atoms with van der Waals surface area (Å²) in [5, 5.41) is 0. The van der Waals surface area contributed by atoms with Crippen molar-refractivity contribution in [3.63, 3.8) is 0 Å². The molecule has 196 valence electrons. The fourth-order valence-corrected chi connectivity index (χ4v) is 5.20. The molecule has 0 aliphatic carbocycles. The molecule has 0 aromatic heterocycles. The van der Waals surface area contributed by atoms with Gasteiger partial charge in [-0.15, -0.1) is 0 Å². The first-order chi connectivity index (χ1) is 15.4. The molecule has 0 N–H and O–H groups in total. The van der Waals surface area contributed by atoms with Crippen LogP contribution in [0.25, 0.3) is 0 Å². The SMILES string of the molecule is CCCCCCCCCCCCCCCCCCCCCCCCCCCCCC[PH3+].[Br-]. The van der Waals surface area contributed by atoms with Crippen molar-refractivity contribution in [2.45, 2.75) is 187 Å². The fourth-order valence-electron chi connectivity index (χ4n) is 4.85. The Morgan fingerprint density at radius 3 is 0.594 bits per heavy atom. The molecule has 0 bridgehead atoms. The molecule has 0 aromatic rings. The second kappa shape index (κ2) is 34.1. The Labute approximate surface area is 218 Å². The maximum Gasteiger partial charge on any atom is 0.0526 e. The van der Waals surface area contributed by atoms with Crippen molar-refractivity contribution in [1.82, 2.24) is 0 Å². The van der Waals surface area contributed by atoms with Crippen LogP contribution in [0.4, 0.5) is 0 Å². The first kappa shape index (κ1) is 35.1. The highest BCUT2D eigenvalue weighted by Gasteiger charge is 1.96. The molecule has 0 saturated heterocycles. The minimum atomic E-state index is 0. The summed E-state index contributed by atoms with van der Waals surface area (Å²) >= 11 is 0. The standard InChI is InChI=1S/C30H63P.BrH/c1-2-3-4-5-6-7-8-9-10-11-12-13-14-15-16-17-18-19-20-21-22-23-24-25-26-27-28-29-30-31;/h2-31H2,1H3;1H. The molecule has 0 heterocycles. The second-order valence-electron chi connectivity index (χ2n) is 10.4. The molecule has 0 spiro atoms. The van der Waals surface area contributed by atoms with E-state index in [0.29, 0.717) is 0 Å². The lowest BCUT2D eigenvalue weighted by Gasteiger charge is -2.04. The number of hydrogen-bond donors (Lipinski definition) is 0. The Kier molecular flexibility index (Phi) is 37.4. The van der Waals surface area contributed by atoms with Crippen LogP contribution in [0.1, 0.15) is 187 Å². The van der Waals surface area contributed by atoms with E-state index in [1.807, 2.05) is 0 Å². The van der Waals surface area contributed by atoms with Gasteiger partial charge in [-0.2, -0.15) is 0 Å². The van der Waals surface area contributed by atoms with Gasteiger partial charge in [0.05, 0.1) is 6.16 Å². The van der Waals surface area contributed by atoms with Gasteiger partial charge in [0.2, 0.25) is 0 Å². The summed E-state index contributed by atoms with van der Waals surface area (Å²) in [6, 6.07) is 0. The summed E-state index contributed by atoms with van der Waals surface area (Å²) in [5.74, 6) is 0. The molecular weight excluding hydrogens is 471 g/mol. The molecule has 0 radical (unpaired) electrons. The first-order valence-electron chi connectivity index (χ1n) is 15.2. The Morgan fingerprint density at radius 1 is 0.281 bits per heavy atom. The monoisotopic (exact) mass is 534 g/mol. The second-order valence-corrected chi connectivity index (χ2v) is 11.1. The molecule has 1 unspecified atom stereocenters. The topological polar surface area (TPSA) is 0 Å². The summed E-state index contributed by atoms with van der Waals surface area (Å²) in [6.45, 7) is 2.31. The van der Waals surface area contributed by atoms with Crippen LogP contribution in [0.15, 0.2) is 0 Å². The molecular formula is C30H64BrP. The largest absolute Gasteiger partial charge is 1.00 e. The van der Waals surface area contributed by atoms with Gasteiger partial charge in [0.25, 0.3) is 0 Å². The maximum atomic E-state index is 2.31. The highest BCUT2D eigenvalue weighted by Crippen LogP contribution is 2.16. The van der Waals surface area contributed by atoms with Crippen LogP contribution in [-0.2, 0) is 0 Å². The Morgan fingerprint density at radius 2 is 0.438 bits per heavy atom. The molecule has 2 heteroatoms. The van der Waals surface area contributed by atoms with E-state index < -0.39 is 0 Å². The predicted octanol–water partition coefficient (Wildman–Crippen LogP) is 8.54. The quantitative estimate of drug-likeness (QED) is 0.0696. The Balaban J connectivity index is 0. The molecule has 0 rings (SSSR count). The van der Waals surface area contributed by atoms with Crippen LogP contribution in [0.2, 0.25) is 0 Å². The van der Waals surface area contributed by atoms with Crippen LogP contribution in [0.3, 0.4) is 0 Å². The molecule has 1 atom stereocenters. The van der Waals surface area contributed by atoms with E-state index in [0.717, 1.165) is 0 Å². The third kappa shape index (κ3) is 33.1. The smallest absolute Gasteiger partial charge is 0.0526 e. The number of hydrogen-bond acceptors (Lipinski definition) is 0. The lowest BCUT2D eigenvalue weighted by molar-refractivity contribution is -0.00000682. The van der Waals surface area contributed by atoms with Crippen molar-refractivity contribution in [3.05, 3.63) is 0 Å². The number of halogens is 1. The average Bonchev–Trinajstić information content (AvgIpc) is 2.78. The van der Waals surface area contributed by atoms with E-state index in [4.69, 9.17) is 0 Å². The summed E-state index contributed by atoms with van der Waals surface area (Å²) in [6.07, 6.45) is 43.0. The van der Waals surface area contributed by atoms with Crippen LogP contribution < -0.4 is 17.0 Å². The molecule has 0 amide bonds. The zero-order chi connectivity index (χ0) is 22.5.